The molecule has 0 aliphatic rings. The van der Waals surface area contributed by atoms with Gasteiger partial charge in [-0.15, -0.1) is 5.10 Å². The average molecular weight is 236 g/mol. The first-order valence-corrected chi connectivity index (χ1v) is 3.49. The van der Waals surface area contributed by atoms with Gasteiger partial charge in [0.05, 0.1) is 11.2 Å². The minimum atomic E-state index is -5.75. The highest BCUT2D eigenvalue weighted by Crippen LogP contribution is 2.45. The van der Waals surface area contributed by atoms with Crippen LogP contribution in [-0.2, 0) is 5.92 Å². The molecule has 0 amide bonds. The molecule has 1 aromatic rings. The zero-order valence-corrected chi connectivity index (χ0v) is 7.07. The van der Waals surface area contributed by atoms with Crippen LogP contribution in [0.2, 0.25) is 5.02 Å². The molecule has 2 N–H and O–H groups in total. The summed E-state index contributed by atoms with van der Waals surface area (Å²) in [7, 11) is 0. The van der Waals surface area contributed by atoms with Crippen molar-refractivity contribution in [3.8, 4) is 0 Å². The Morgan fingerprint density at radius 1 is 1.29 bits per heavy atom. The third kappa shape index (κ3) is 1.61. The lowest BCUT2D eigenvalue weighted by atomic mass is 10.2. The first-order valence-electron chi connectivity index (χ1n) is 3.11. The number of alkyl halides is 5. The molecule has 0 aromatic carbocycles. The highest BCUT2D eigenvalue weighted by Gasteiger charge is 2.61. The molecule has 0 bridgehead atoms. The van der Waals surface area contributed by atoms with Crippen LogP contribution in [0.1, 0.15) is 5.69 Å². The first-order chi connectivity index (χ1) is 6.16. The number of nitrogens with two attached hydrogens (primary N) is 1. The fourth-order valence-corrected chi connectivity index (χ4v) is 0.973. The summed E-state index contributed by atoms with van der Waals surface area (Å²) in [6.07, 6.45) is -5.10. The van der Waals surface area contributed by atoms with Crippen molar-refractivity contribution < 1.29 is 22.0 Å². The van der Waals surface area contributed by atoms with Gasteiger partial charge in [-0.2, -0.15) is 26.7 Å². The van der Waals surface area contributed by atoms with Crippen molar-refractivity contribution >= 4 is 11.6 Å². The first kappa shape index (κ1) is 11.0. The molecule has 3 nitrogen and oxygen atoms in total. The van der Waals surface area contributed by atoms with Gasteiger partial charge in [0.2, 0.25) is 0 Å². The quantitative estimate of drug-likeness (QED) is 0.597. The lowest BCUT2D eigenvalue weighted by Gasteiger charge is -2.17. The predicted molar refractivity (Wildman–Crippen MR) is 37.3 cm³/mol. The molecule has 0 radical (unpaired) electrons. The van der Waals surface area contributed by atoms with Crippen LogP contribution < -0.4 is 5.84 Å². The van der Waals surface area contributed by atoms with Crippen molar-refractivity contribution in [1.82, 2.24) is 9.89 Å². The van der Waals surface area contributed by atoms with Gasteiger partial charge in [-0.25, -0.2) is 0 Å². The van der Waals surface area contributed by atoms with Crippen LogP contribution in [0.15, 0.2) is 6.20 Å². The van der Waals surface area contributed by atoms with E-state index < -0.39 is 22.8 Å². The summed E-state index contributed by atoms with van der Waals surface area (Å²) < 4.78 is 60.6. The Balaban J connectivity index is 3.22. The molecule has 0 aliphatic carbocycles. The maximum Gasteiger partial charge on any atom is 0.459 e. The maximum absolute atomic E-state index is 12.6. The summed E-state index contributed by atoms with van der Waals surface area (Å²) in [6.45, 7) is 0. The predicted octanol–water partition coefficient (Wildman–Crippen LogP) is 1.90. The summed E-state index contributed by atoms with van der Waals surface area (Å²) in [6, 6.07) is 0. The summed E-state index contributed by atoms with van der Waals surface area (Å²) in [5.41, 5.74) is -1.60. The minimum Gasteiger partial charge on any atom is -0.323 e. The van der Waals surface area contributed by atoms with Crippen molar-refractivity contribution in [2.75, 3.05) is 5.84 Å². The van der Waals surface area contributed by atoms with Crippen LogP contribution >= 0.6 is 11.6 Å². The van der Waals surface area contributed by atoms with E-state index >= 15 is 0 Å². The Morgan fingerprint density at radius 2 is 1.79 bits per heavy atom. The van der Waals surface area contributed by atoms with E-state index in [0.717, 1.165) is 0 Å². The largest absolute Gasteiger partial charge is 0.459 e. The smallest absolute Gasteiger partial charge is 0.323 e. The molecule has 9 heteroatoms. The lowest BCUT2D eigenvalue weighted by Crippen LogP contribution is -2.34. The Morgan fingerprint density at radius 3 is 2.07 bits per heavy atom. The van der Waals surface area contributed by atoms with Gasteiger partial charge in [0.15, 0.2) is 5.69 Å². The Labute approximate surface area is 79.2 Å². The second kappa shape index (κ2) is 2.97. The van der Waals surface area contributed by atoms with Crippen LogP contribution in [-0.4, -0.2) is 16.1 Å². The summed E-state index contributed by atoms with van der Waals surface area (Å²) >= 11 is 5.09. The van der Waals surface area contributed by atoms with Gasteiger partial charge in [-0.1, -0.05) is 11.6 Å². The van der Waals surface area contributed by atoms with Gasteiger partial charge in [-0.05, 0) is 0 Å². The Kier molecular flexibility index (Phi) is 2.34. The Hall–Kier alpha value is -1.05. The summed E-state index contributed by atoms with van der Waals surface area (Å²) in [5.74, 6) is -0.263. The van der Waals surface area contributed by atoms with Gasteiger partial charge in [0, 0.05) is 0 Å². The number of hydrogen-bond acceptors (Lipinski definition) is 2. The highest BCUT2D eigenvalue weighted by molar-refractivity contribution is 6.31. The fourth-order valence-electron chi connectivity index (χ4n) is 0.716. The van der Waals surface area contributed by atoms with Crippen LogP contribution in [0, 0.1) is 0 Å². The zero-order valence-electron chi connectivity index (χ0n) is 6.32. The number of rotatable bonds is 1. The molecule has 0 saturated carbocycles. The standard InChI is InChI=1S/C5H3ClF5N3/c6-2-1-14(12)13-3(2)4(7,8)5(9,10)11/h1H,12H2. The lowest BCUT2D eigenvalue weighted by molar-refractivity contribution is -0.291. The maximum atomic E-state index is 12.6. The van der Waals surface area contributed by atoms with E-state index in [2.05, 4.69) is 5.10 Å². The van der Waals surface area contributed by atoms with Gasteiger partial charge in [0.1, 0.15) is 0 Å². The second-order valence-electron chi connectivity index (χ2n) is 2.38. The normalized spacial score (nSPS) is 13.3. The van der Waals surface area contributed by atoms with Crippen molar-refractivity contribution in [2.24, 2.45) is 0 Å². The van der Waals surface area contributed by atoms with E-state index in [9.17, 15) is 22.0 Å². The van der Waals surface area contributed by atoms with Crippen LogP contribution in [0.5, 0.6) is 0 Å². The third-order valence-electron chi connectivity index (χ3n) is 1.34. The van der Waals surface area contributed by atoms with Crippen molar-refractivity contribution in [2.45, 2.75) is 12.1 Å². The molecule has 1 aromatic heterocycles. The topological polar surface area (TPSA) is 43.8 Å². The van der Waals surface area contributed by atoms with E-state index in [1.807, 2.05) is 0 Å². The molecule has 80 valence electrons. The third-order valence-corrected chi connectivity index (χ3v) is 1.62. The van der Waals surface area contributed by atoms with E-state index in [4.69, 9.17) is 17.4 Å². The molecular weight excluding hydrogens is 233 g/mol. The molecule has 1 rings (SSSR count). The molecule has 0 unspecified atom stereocenters. The zero-order chi connectivity index (χ0) is 11.1. The van der Waals surface area contributed by atoms with E-state index in [1.54, 1.807) is 0 Å². The summed E-state index contributed by atoms with van der Waals surface area (Å²) in [5, 5.41) is 1.90. The molecule has 14 heavy (non-hydrogen) atoms. The molecule has 0 saturated heterocycles. The number of aromatic nitrogens is 2. The minimum absolute atomic E-state index is 0.289. The van der Waals surface area contributed by atoms with Crippen LogP contribution in [0.25, 0.3) is 0 Å². The monoisotopic (exact) mass is 235 g/mol. The van der Waals surface area contributed by atoms with Crippen LogP contribution in [0.3, 0.4) is 0 Å². The Bertz CT molecular complexity index is 344. The van der Waals surface area contributed by atoms with Gasteiger partial charge in [0.25, 0.3) is 0 Å². The number of nitrogens with zero attached hydrogens (tertiary/aromatic N) is 2. The van der Waals surface area contributed by atoms with Crippen molar-refractivity contribution in [1.29, 1.82) is 0 Å². The van der Waals surface area contributed by atoms with Gasteiger partial charge in [-0.3, -0.25) is 0 Å². The molecule has 0 spiro atoms. The molecule has 1 heterocycles. The van der Waals surface area contributed by atoms with Gasteiger partial charge >= 0.3 is 12.1 Å². The average Bonchev–Trinajstić information content (AvgIpc) is 2.27. The molecule has 0 aliphatic heterocycles. The fraction of sp³-hybridized carbons (Fsp3) is 0.400. The van der Waals surface area contributed by atoms with Crippen molar-refractivity contribution in [3.63, 3.8) is 0 Å². The number of hydrogen-bond donors (Lipinski definition) is 1. The SMILES string of the molecule is Nn1cc(Cl)c(C(F)(F)C(F)(F)F)n1. The number of halogens is 6. The van der Waals surface area contributed by atoms with E-state index in [0.29, 0.717) is 6.20 Å². The second-order valence-corrected chi connectivity index (χ2v) is 2.79. The van der Waals surface area contributed by atoms with E-state index in [-0.39, 0.29) is 4.79 Å². The molecular formula is C5H3ClF5N3. The van der Waals surface area contributed by atoms with Crippen molar-refractivity contribution in [3.05, 3.63) is 16.9 Å². The highest BCUT2D eigenvalue weighted by atomic mass is 35.5. The van der Waals surface area contributed by atoms with Crippen LogP contribution in [0.4, 0.5) is 22.0 Å². The molecule has 0 fully saturated rings. The van der Waals surface area contributed by atoms with Gasteiger partial charge < -0.3 is 5.84 Å². The number of nitrogen functional groups attached to an aromatic ring is 1. The van der Waals surface area contributed by atoms with E-state index in [1.165, 1.54) is 0 Å². The summed E-state index contributed by atoms with van der Waals surface area (Å²) in [4.78, 5) is 0.289. The molecule has 0 atom stereocenters.